The number of hydrogen-bond donors (Lipinski definition) is 2. The van der Waals surface area contributed by atoms with E-state index in [9.17, 15) is 4.79 Å². The second-order valence-corrected chi connectivity index (χ2v) is 6.98. The second kappa shape index (κ2) is 10.6. The lowest BCUT2D eigenvalue weighted by atomic mass is 10.2. The van der Waals surface area contributed by atoms with Gasteiger partial charge in [-0.25, -0.2) is 9.97 Å². The van der Waals surface area contributed by atoms with Crippen molar-refractivity contribution in [1.82, 2.24) is 20.2 Å². The summed E-state index contributed by atoms with van der Waals surface area (Å²) in [4.78, 5) is 25.5. The third kappa shape index (κ3) is 6.49. The zero-order valence-electron chi connectivity index (χ0n) is 17.6. The number of aromatic nitrogens is 2. The van der Waals surface area contributed by atoms with Crippen molar-refractivity contribution >= 4 is 23.2 Å². The van der Waals surface area contributed by atoms with Crippen LogP contribution in [0, 0.1) is 6.92 Å². The molecule has 0 unspecified atom stereocenters. The van der Waals surface area contributed by atoms with Gasteiger partial charge in [0.1, 0.15) is 5.69 Å². The maximum atomic E-state index is 12.4. The quantitative estimate of drug-likeness (QED) is 0.614. The average Bonchev–Trinajstić information content (AvgIpc) is 2.66. The third-order valence-corrected chi connectivity index (χ3v) is 4.41. The molecule has 0 saturated carbocycles. The largest absolute Gasteiger partial charge is 0.372 e. The van der Waals surface area contributed by atoms with Crippen molar-refractivity contribution in [3.63, 3.8) is 0 Å². The number of aryl methyl sites for hydroxylation is 1. The number of hydrogen-bond acceptors (Lipinski definition) is 6. The Morgan fingerprint density at radius 3 is 2.36 bits per heavy atom. The predicted octanol–water partition coefficient (Wildman–Crippen LogP) is 3.06. The first-order chi connectivity index (χ1) is 13.4. The first-order valence-corrected chi connectivity index (χ1v) is 9.83. The first-order valence-electron chi connectivity index (χ1n) is 9.83. The van der Waals surface area contributed by atoms with Gasteiger partial charge >= 0.3 is 0 Å². The van der Waals surface area contributed by atoms with Crippen molar-refractivity contribution in [2.45, 2.75) is 27.2 Å². The monoisotopic (exact) mass is 384 g/mol. The molecule has 0 fully saturated rings. The molecule has 7 heteroatoms. The van der Waals surface area contributed by atoms with Gasteiger partial charge in [-0.3, -0.25) is 4.79 Å². The van der Waals surface area contributed by atoms with Crippen LogP contribution in [-0.4, -0.2) is 61.0 Å². The highest BCUT2D eigenvalue weighted by molar-refractivity contribution is 5.92. The van der Waals surface area contributed by atoms with E-state index in [1.165, 1.54) is 5.69 Å². The molecule has 7 nitrogen and oxygen atoms in total. The summed E-state index contributed by atoms with van der Waals surface area (Å²) in [5.74, 6) is 0.248. The summed E-state index contributed by atoms with van der Waals surface area (Å²) in [7, 11) is 4.03. The number of nitrogens with one attached hydrogen (secondary N) is 2. The molecule has 152 valence electrons. The molecule has 1 heterocycles. The van der Waals surface area contributed by atoms with Crippen LogP contribution in [-0.2, 0) is 0 Å². The van der Waals surface area contributed by atoms with Gasteiger partial charge in [0.2, 0.25) is 5.95 Å². The molecule has 1 amide bonds. The Morgan fingerprint density at radius 1 is 1.07 bits per heavy atom. The van der Waals surface area contributed by atoms with Crippen molar-refractivity contribution < 1.29 is 4.79 Å². The summed E-state index contributed by atoms with van der Waals surface area (Å²) in [6.45, 7) is 9.63. The van der Waals surface area contributed by atoms with Crippen molar-refractivity contribution in [1.29, 1.82) is 0 Å². The molecule has 0 aliphatic carbocycles. The molecule has 0 saturated heterocycles. The van der Waals surface area contributed by atoms with E-state index in [0.717, 1.165) is 37.4 Å². The summed E-state index contributed by atoms with van der Waals surface area (Å²) in [5.41, 5.74) is 3.19. The highest BCUT2D eigenvalue weighted by Crippen LogP contribution is 2.20. The van der Waals surface area contributed by atoms with Crippen LogP contribution in [0.15, 0.2) is 30.3 Å². The number of anilines is 3. The maximum Gasteiger partial charge on any atom is 0.270 e. The van der Waals surface area contributed by atoms with Crippen LogP contribution in [0.2, 0.25) is 0 Å². The summed E-state index contributed by atoms with van der Waals surface area (Å²) in [6.07, 6.45) is 0.896. The van der Waals surface area contributed by atoms with Crippen molar-refractivity contribution in [2.75, 3.05) is 50.5 Å². The molecule has 2 rings (SSSR count). The number of nitrogens with zero attached hydrogens (tertiary/aromatic N) is 4. The Bertz CT molecular complexity index is 756. The Labute approximate surface area is 168 Å². The Kier molecular flexibility index (Phi) is 8.19. The third-order valence-electron chi connectivity index (χ3n) is 4.41. The van der Waals surface area contributed by atoms with Gasteiger partial charge in [0.25, 0.3) is 5.91 Å². The van der Waals surface area contributed by atoms with Crippen molar-refractivity contribution in [3.05, 3.63) is 41.7 Å². The molecule has 1 aromatic heterocycles. The summed E-state index contributed by atoms with van der Waals surface area (Å²) < 4.78 is 0. The summed E-state index contributed by atoms with van der Waals surface area (Å²) in [6, 6.07) is 9.85. The molecule has 0 spiro atoms. The molecule has 2 aromatic rings. The molecule has 1 aromatic carbocycles. The summed E-state index contributed by atoms with van der Waals surface area (Å²) >= 11 is 0. The molecule has 0 aliphatic rings. The van der Waals surface area contributed by atoms with E-state index >= 15 is 0 Å². The van der Waals surface area contributed by atoms with E-state index in [1.54, 1.807) is 6.07 Å². The fourth-order valence-corrected chi connectivity index (χ4v) is 2.90. The zero-order valence-corrected chi connectivity index (χ0v) is 17.6. The van der Waals surface area contributed by atoms with Gasteiger partial charge in [-0.2, -0.15) is 0 Å². The van der Waals surface area contributed by atoms with E-state index in [4.69, 9.17) is 0 Å². The van der Waals surface area contributed by atoms with E-state index in [0.29, 0.717) is 18.2 Å². The summed E-state index contributed by atoms with van der Waals surface area (Å²) in [5, 5.41) is 6.11. The SMILES string of the molecule is CCN(CC)c1ccc(Nc2nc(C)cc(C(=O)NCCCN(C)C)n2)cc1. The average molecular weight is 385 g/mol. The van der Waals surface area contributed by atoms with Gasteiger partial charge in [-0.05, 0) is 78.2 Å². The van der Waals surface area contributed by atoms with E-state index < -0.39 is 0 Å². The molecule has 0 atom stereocenters. The topological polar surface area (TPSA) is 73.4 Å². The van der Waals surface area contributed by atoms with Crippen LogP contribution >= 0.6 is 0 Å². The van der Waals surface area contributed by atoms with E-state index in [-0.39, 0.29) is 5.91 Å². The molecule has 2 N–H and O–H groups in total. The molecular formula is C21H32N6O. The minimum Gasteiger partial charge on any atom is -0.372 e. The van der Waals surface area contributed by atoms with Crippen LogP contribution in [0.5, 0.6) is 0 Å². The van der Waals surface area contributed by atoms with Gasteiger partial charge in [0.15, 0.2) is 0 Å². The lowest BCUT2D eigenvalue weighted by Crippen LogP contribution is -2.28. The minimum atomic E-state index is -0.177. The first kappa shape index (κ1) is 21.6. The molecule has 0 radical (unpaired) electrons. The van der Waals surface area contributed by atoms with Gasteiger partial charge in [-0.15, -0.1) is 0 Å². The fourth-order valence-electron chi connectivity index (χ4n) is 2.90. The predicted molar refractivity (Wildman–Crippen MR) is 116 cm³/mol. The molecular weight excluding hydrogens is 352 g/mol. The van der Waals surface area contributed by atoms with Gasteiger partial charge in [0.05, 0.1) is 0 Å². The smallest absolute Gasteiger partial charge is 0.270 e. The van der Waals surface area contributed by atoms with Crippen LogP contribution in [0.4, 0.5) is 17.3 Å². The lowest BCUT2D eigenvalue weighted by molar-refractivity contribution is 0.0947. The normalized spacial score (nSPS) is 10.8. The maximum absolute atomic E-state index is 12.4. The Balaban J connectivity index is 2.03. The van der Waals surface area contributed by atoms with Crippen LogP contribution in [0.25, 0.3) is 0 Å². The van der Waals surface area contributed by atoms with Gasteiger partial charge < -0.3 is 20.4 Å². The minimum absolute atomic E-state index is 0.177. The van der Waals surface area contributed by atoms with Crippen LogP contribution in [0.3, 0.4) is 0 Å². The standard InChI is InChI=1S/C21H32N6O/c1-6-27(7-2)18-11-9-17(10-12-18)24-21-23-16(3)15-19(25-21)20(28)22-13-8-14-26(4)5/h9-12,15H,6-8,13-14H2,1-5H3,(H,22,28)(H,23,24,25). The van der Waals surface area contributed by atoms with Gasteiger partial charge in [0, 0.05) is 36.7 Å². The van der Waals surface area contributed by atoms with E-state index in [1.807, 2.05) is 33.2 Å². The Morgan fingerprint density at radius 2 is 1.75 bits per heavy atom. The van der Waals surface area contributed by atoms with Crippen molar-refractivity contribution in [3.8, 4) is 0 Å². The van der Waals surface area contributed by atoms with Crippen molar-refractivity contribution in [2.24, 2.45) is 0 Å². The van der Waals surface area contributed by atoms with Gasteiger partial charge in [-0.1, -0.05) is 0 Å². The number of carbonyl (C=O) groups is 1. The fraction of sp³-hybridized carbons (Fsp3) is 0.476. The number of rotatable bonds is 10. The van der Waals surface area contributed by atoms with E-state index in [2.05, 4.69) is 56.4 Å². The highest BCUT2D eigenvalue weighted by atomic mass is 16.1. The highest BCUT2D eigenvalue weighted by Gasteiger charge is 2.11. The number of amides is 1. The zero-order chi connectivity index (χ0) is 20.5. The number of carbonyl (C=O) groups excluding carboxylic acids is 1. The molecule has 0 aliphatic heterocycles. The van der Waals surface area contributed by atoms with Crippen LogP contribution in [0.1, 0.15) is 36.5 Å². The number of benzene rings is 1. The Hall–Kier alpha value is -2.67. The van der Waals surface area contributed by atoms with Crippen LogP contribution < -0.4 is 15.5 Å². The molecule has 0 bridgehead atoms. The second-order valence-electron chi connectivity index (χ2n) is 6.98. The lowest BCUT2D eigenvalue weighted by Gasteiger charge is -2.21. The molecule has 28 heavy (non-hydrogen) atoms.